The summed E-state index contributed by atoms with van der Waals surface area (Å²) in [6.45, 7) is 14.8. The van der Waals surface area contributed by atoms with Crippen molar-refractivity contribution in [2.24, 2.45) is 0 Å². The van der Waals surface area contributed by atoms with Gasteiger partial charge in [-0.25, -0.2) is 0 Å². The Kier molecular flexibility index (Phi) is 14.2. The van der Waals surface area contributed by atoms with Crippen LogP contribution >= 0.6 is 0 Å². The van der Waals surface area contributed by atoms with Crippen LogP contribution in [-0.4, -0.2) is 30.7 Å². The van der Waals surface area contributed by atoms with Crippen LogP contribution in [0.1, 0.15) is 53.4 Å². The van der Waals surface area contributed by atoms with Crippen LogP contribution < -0.4 is 51.4 Å². The third-order valence-electron chi connectivity index (χ3n) is 2.79. The zero-order chi connectivity index (χ0) is 10.2. The van der Waals surface area contributed by atoms with Crippen LogP contribution in [0.2, 0.25) is 0 Å². The molecule has 0 aromatic heterocycles. The van der Waals surface area contributed by atoms with Gasteiger partial charge in [0.1, 0.15) is 0 Å². The Balaban J connectivity index is 0. The van der Waals surface area contributed by atoms with Gasteiger partial charge >= 0.3 is 51.4 Å². The summed E-state index contributed by atoms with van der Waals surface area (Å²) in [4.78, 5) is 0. The van der Waals surface area contributed by atoms with Crippen molar-refractivity contribution in [2.75, 3.05) is 26.2 Å². The number of hydrogen-bond donors (Lipinski definition) is 0. The van der Waals surface area contributed by atoms with E-state index in [0.717, 1.165) is 0 Å². The normalized spacial score (nSPS) is 11.1. The van der Waals surface area contributed by atoms with Crippen molar-refractivity contribution in [3.63, 3.8) is 0 Å². The van der Waals surface area contributed by atoms with E-state index in [-0.39, 0.29) is 51.4 Å². The van der Waals surface area contributed by atoms with Crippen LogP contribution in [0.15, 0.2) is 0 Å². The Morgan fingerprint density at radius 3 is 0.929 bits per heavy atom. The molecule has 0 saturated carbocycles. The number of hydrogen-bond acceptors (Lipinski definition) is 0. The van der Waals surface area contributed by atoms with Gasteiger partial charge in [0.2, 0.25) is 0 Å². The van der Waals surface area contributed by atoms with Crippen molar-refractivity contribution in [3.05, 3.63) is 0 Å². The molecular formula is C12H28KN+2. The molecule has 0 unspecified atom stereocenters. The van der Waals surface area contributed by atoms with Gasteiger partial charge in [0, 0.05) is 0 Å². The van der Waals surface area contributed by atoms with E-state index in [9.17, 15) is 0 Å². The van der Waals surface area contributed by atoms with Crippen molar-refractivity contribution in [1.82, 2.24) is 0 Å². The van der Waals surface area contributed by atoms with E-state index in [2.05, 4.69) is 27.7 Å². The third kappa shape index (κ3) is 6.97. The molecule has 1 nitrogen and oxygen atoms in total. The molecule has 0 saturated heterocycles. The second-order valence-electron chi connectivity index (χ2n) is 4.24. The van der Waals surface area contributed by atoms with Crippen molar-refractivity contribution >= 4 is 0 Å². The smallest absolute Gasteiger partial charge is 0.324 e. The Hall–Kier alpha value is 1.60. The second kappa shape index (κ2) is 11.1. The minimum atomic E-state index is 0. The topological polar surface area (TPSA) is 0 Å². The molecule has 0 bridgehead atoms. The van der Waals surface area contributed by atoms with E-state index < -0.39 is 0 Å². The van der Waals surface area contributed by atoms with Gasteiger partial charge in [0.25, 0.3) is 0 Å². The molecule has 0 heterocycles. The van der Waals surface area contributed by atoms with Crippen molar-refractivity contribution in [2.45, 2.75) is 53.4 Å². The van der Waals surface area contributed by atoms with Crippen LogP contribution in [0.4, 0.5) is 0 Å². The number of quaternary nitrogens is 1. The first-order valence-electron chi connectivity index (χ1n) is 6.09. The molecule has 0 radical (unpaired) electrons. The molecule has 0 aromatic carbocycles. The second-order valence-corrected chi connectivity index (χ2v) is 4.24. The summed E-state index contributed by atoms with van der Waals surface area (Å²) in [7, 11) is 0. The first-order chi connectivity index (χ1) is 6.24. The minimum Gasteiger partial charge on any atom is -0.324 e. The van der Waals surface area contributed by atoms with Gasteiger partial charge in [-0.1, -0.05) is 27.7 Å². The molecular weight excluding hydrogens is 197 g/mol. The zero-order valence-corrected chi connectivity index (χ0v) is 14.2. The molecule has 80 valence electrons. The summed E-state index contributed by atoms with van der Waals surface area (Å²) in [5.41, 5.74) is 0. The SMILES string of the molecule is CCC[N+](CCC)(CCC)CCC.[K+]. The molecule has 0 fully saturated rings. The fraction of sp³-hybridized carbons (Fsp3) is 1.00. The van der Waals surface area contributed by atoms with Crippen molar-refractivity contribution < 1.29 is 55.9 Å². The van der Waals surface area contributed by atoms with Gasteiger partial charge < -0.3 is 4.48 Å². The monoisotopic (exact) mass is 225 g/mol. The fourth-order valence-corrected chi connectivity index (χ4v) is 2.57. The first-order valence-corrected chi connectivity index (χ1v) is 6.09. The van der Waals surface area contributed by atoms with E-state index in [1.54, 1.807) is 0 Å². The molecule has 0 rings (SSSR count). The molecule has 2 heteroatoms. The molecule has 0 N–H and O–H groups in total. The van der Waals surface area contributed by atoms with Crippen LogP contribution in [0.5, 0.6) is 0 Å². The summed E-state index contributed by atoms with van der Waals surface area (Å²) >= 11 is 0. The molecule has 0 atom stereocenters. The molecule has 0 amide bonds. The Morgan fingerprint density at radius 2 is 0.786 bits per heavy atom. The summed E-state index contributed by atoms with van der Waals surface area (Å²) in [6.07, 6.45) is 5.33. The molecule has 0 spiro atoms. The molecule has 0 aromatic rings. The summed E-state index contributed by atoms with van der Waals surface area (Å²) in [5.74, 6) is 0. The first kappa shape index (κ1) is 18.0. The largest absolute Gasteiger partial charge is 1.00 e. The van der Waals surface area contributed by atoms with Crippen LogP contribution in [0.3, 0.4) is 0 Å². The molecule has 0 aliphatic rings. The van der Waals surface area contributed by atoms with Crippen molar-refractivity contribution in [1.29, 1.82) is 0 Å². The average Bonchev–Trinajstić information content (AvgIpc) is 2.06. The third-order valence-corrected chi connectivity index (χ3v) is 2.79. The van der Waals surface area contributed by atoms with E-state index in [1.165, 1.54) is 56.3 Å². The fourth-order valence-electron chi connectivity index (χ4n) is 2.57. The molecule has 14 heavy (non-hydrogen) atoms. The maximum atomic E-state index is 2.31. The number of rotatable bonds is 8. The number of nitrogens with zero attached hydrogens (tertiary/aromatic N) is 1. The van der Waals surface area contributed by atoms with E-state index in [0.29, 0.717) is 0 Å². The minimum absolute atomic E-state index is 0. The summed E-state index contributed by atoms with van der Waals surface area (Å²) < 4.78 is 1.38. The Labute approximate surface area is 134 Å². The average molecular weight is 225 g/mol. The maximum absolute atomic E-state index is 2.31. The summed E-state index contributed by atoms with van der Waals surface area (Å²) in [5, 5.41) is 0. The Morgan fingerprint density at radius 1 is 0.571 bits per heavy atom. The van der Waals surface area contributed by atoms with Gasteiger partial charge in [-0.2, -0.15) is 0 Å². The van der Waals surface area contributed by atoms with Gasteiger partial charge in [0.05, 0.1) is 26.2 Å². The van der Waals surface area contributed by atoms with E-state index >= 15 is 0 Å². The van der Waals surface area contributed by atoms with Crippen LogP contribution in [0, 0.1) is 0 Å². The Bertz CT molecular complexity index is 85.4. The van der Waals surface area contributed by atoms with Gasteiger partial charge in [-0.15, -0.1) is 0 Å². The van der Waals surface area contributed by atoms with E-state index in [1.807, 2.05) is 0 Å². The van der Waals surface area contributed by atoms with Gasteiger partial charge in [-0.05, 0) is 25.7 Å². The maximum Gasteiger partial charge on any atom is 1.00 e. The van der Waals surface area contributed by atoms with Gasteiger partial charge in [-0.3, -0.25) is 0 Å². The summed E-state index contributed by atoms with van der Waals surface area (Å²) in [6, 6.07) is 0. The predicted octanol–water partition coefficient (Wildman–Crippen LogP) is 0.447. The molecule has 0 aliphatic carbocycles. The van der Waals surface area contributed by atoms with Crippen LogP contribution in [-0.2, 0) is 0 Å². The van der Waals surface area contributed by atoms with Crippen LogP contribution in [0.25, 0.3) is 0 Å². The predicted molar refractivity (Wildman–Crippen MR) is 60.9 cm³/mol. The quantitative estimate of drug-likeness (QED) is 0.416. The van der Waals surface area contributed by atoms with Gasteiger partial charge in [0.15, 0.2) is 0 Å². The molecule has 0 aliphatic heterocycles. The standard InChI is InChI=1S/C12H28N.K/c1-5-9-13(10-6-2,11-7-3)12-8-4;/h5-12H2,1-4H3;/q2*+1. The van der Waals surface area contributed by atoms with Crippen molar-refractivity contribution in [3.8, 4) is 0 Å². The van der Waals surface area contributed by atoms with E-state index in [4.69, 9.17) is 0 Å². The zero-order valence-electron chi connectivity index (χ0n) is 11.1.